The zero-order valence-corrected chi connectivity index (χ0v) is 43.5. The van der Waals surface area contributed by atoms with Crippen LogP contribution in [0.5, 0.6) is 11.5 Å². The minimum absolute atomic E-state index is 0.595. The van der Waals surface area contributed by atoms with E-state index in [1.54, 1.807) is 28.2 Å². The molecular formula is C53H74BrNO2S4. The van der Waals surface area contributed by atoms with Crippen molar-refractivity contribution in [3.8, 4) is 17.6 Å². The third kappa shape index (κ3) is 13.0. The fraction of sp³-hybridized carbons (Fsp3) is 0.604. The van der Waals surface area contributed by atoms with E-state index in [0.717, 1.165) is 53.7 Å². The van der Waals surface area contributed by atoms with Gasteiger partial charge >= 0.3 is 0 Å². The maximum absolute atomic E-state index is 9.63. The third-order valence-electron chi connectivity index (χ3n) is 13.1. The zero-order valence-electron chi connectivity index (χ0n) is 38.7. The standard InChI is InChI=1S/C27H37NOS2.C26H37BrOS2/c1-5-9-11-19(7-3)15-23-22-13-14-30-27(22)25(24-16-21(17-28)31-26(23)24)29-18-20(8-4)12-10-6-2;1-5-9-11-18(7-3)15-21-20-13-14-29-26(20)24(22-16-23(27)30-25(21)22)28-17-19(8-4)12-10-6-2/h13-14,16,19-20H,5-12,15,18H2,1-4H3;13-14,16,18-19H,5-12,15,17H2,1-4H3. The maximum Gasteiger partial charge on any atom is 0.145 e. The van der Waals surface area contributed by atoms with Crippen LogP contribution in [-0.4, -0.2) is 13.2 Å². The molecule has 0 aliphatic carbocycles. The number of hydrogen-bond acceptors (Lipinski definition) is 7. The Morgan fingerprint density at radius 3 is 1.36 bits per heavy atom. The Bertz CT molecular complexity index is 2250. The lowest BCUT2D eigenvalue weighted by atomic mass is 9.90. The average Bonchev–Trinajstić information content (AvgIpc) is 4.12. The van der Waals surface area contributed by atoms with E-state index in [-0.39, 0.29) is 0 Å². The normalized spacial score (nSPS) is 13.7. The summed E-state index contributed by atoms with van der Waals surface area (Å²) in [6, 6.07) is 11.3. The summed E-state index contributed by atoms with van der Waals surface area (Å²) in [6.45, 7) is 19.9. The highest BCUT2D eigenvalue weighted by atomic mass is 79.9. The molecule has 6 aromatic rings. The molecule has 0 saturated heterocycles. The van der Waals surface area contributed by atoms with Gasteiger partial charge in [0.15, 0.2) is 0 Å². The molecule has 0 amide bonds. The van der Waals surface area contributed by atoms with Crippen molar-refractivity contribution < 1.29 is 9.47 Å². The van der Waals surface area contributed by atoms with E-state index in [0.29, 0.717) is 17.8 Å². The number of rotatable bonds is 26. The molecule has 4 heterocycles. The van der Waals surface area contributed by atoms with Crippen LogP contribution in [0.2, 0.25) is 0 Å². The Balaban J connectivity index is 0.000000231. The lowest BCUT2D eigenvalue weighted by Gasteiger charge is -2.19. The quantitative estimate of drug-likeness (QED) is 0.0544. The average molecular weight is 965 g/mol. The molecule has 0 N–H and O–H groups in total. The van der Waals surface area contributed by atoms with Crippen molar-refractivity contribution in [1.29, 1.82) is 5.26 Å². The van der Waals surface area contributed by atoms with Gasteiger partial charge in [-0.1, -0.05) is 145 Å². The van der Waals surface area contributed by atoms with E-state index < -0.39 is 0 Å². The minimum atomic E-state index is 0.595. The zero-order chi connectivity index (χ0) is 43.7. The molecule has 2 aromatic carbocycles. The van der Waals surface area contributed by atoms with Crippen molar-refractivity contribution in [2.45, 2.75) is 171 Å². The largest absolute Gasteiger partial charge is 0.491 e. The second-order valence-corrected chi connectivity index (χ2v) is 22.7. The molecule has 6 rings (SSSR count). The third-order valence-corrected chi connectivity index (χ3v) is 17.7. The lowest BCUT2D eigenvalue weighted by Crippen LogP contribution is -2.11. The summed E-state index contributed by atoms with van der Waals surface area (Å²) in [7, 11) is 0. The van der Waals surface area contributed by atoms with Gasteiger partial charge in [-0.15, -0.1) is 45.3 Å². The Labute approximate surface area is 393 Å². The first kappa shape index (κ1) is 49.9. The SMILES string of the molecule is CCCCC(CC)COc1c2cc(Br)sc2c(CC(CC)CCCC)c2ccsc12.CCCCC(CC)COc1c2cc(C#N)sc2c(CC(CC)CCCC)c2ccsc12. The highest BCUT2D eigenvalue weighted by Crippen LogP contribution is 2.48. The van der Waals surface area contributed by atoms with E-state index >= 15 is 0 Å². The number of nitrogens with zero attached hydrogens (tertiary/aromatic N) is 1. The topological polar surface area (TPSA) is 42.2 Å². The van der Waals surface area contributed by atoms with Gasteiger partial charge in [0.2, 0.25) is 0 Å². The molecule has 334 valence electrons. The van der Waals surface area contributed by atoms with Gasteiger partial charge in [-0.2, -0.15) is 5.26 Å². The van der Waals surface area contributed by atoms with Crippen LogP contribution in [0, 0.1) is 35.0 Å². The van der Waals surface area contributed by atoms with Gasteiger partial charge < -0.3 is 9.47 Å². The van der Waals surface area contributed by atoms with Crippen LogP contribution in [0.1, 0.15) is 174 Å². The summed E-state index contributed by atoms with van der Waals surface area (Å²) in [5, 5.41) is 19.3. The molecule has 0 saturated carbocycles. The first-order chi connectivity index (χ1) is 29.8. The number of unbranched alkanes of at least 4 members (excludes halogenated alkanes) is 4. The second-order valence-electron chi connectivity index (χ2n) is 17.4. The van der Waals surface area contributed by atoms with Crippen LogP contribution >= 0.6 is 61.3 Å². The summed E-state index contributed by atoms with van der Waals surface area (Å²) in [6.07, 6.45) is 22.4. The first-order valence-corrected chi connectivity index (χ1v) is 28.2. The Hall–Kier alpha value is -2.15. The van der Waals surface area contributed by atoms with Gasteiger partial charge in [-0.3, -0.25) is 0 Å². The predicted molar refractivity (Wildman–Crippen MR) is 278 cm³/mol. The molecule has 0 aliphatic rings. The predicted octanol–water partition coefficient (Wildman–Crippen LogP) is 19.6. The van der Waals surface area contributed by atoms with Crippen molar-refractivity contribution >= 4 is 102 Å². The summed E-state index contributed by atoms with van der Waals surface area (Å²) >= 11 is 10.9. The number of hydrogen-bond donors (Lipinski definition) is 0. The van der Waals surface area contributed by atoms with Crippen molar-refractivity contribution in [3.05, 3.63) is 54.8 Å². The van der Waals surface area contributed by atoms with Crippen molar-refractivity contribution in [3.63, 3.8) is 0 Å². The van der Waals surface area contributed by atoms with Gasteiger partial charge in [0, 0.05) is 30.9 Å². The lowest BCUT2D eigenvalue weighted by molar-refractivity contribution is 0.238. The molecule has 3 nitrogen and oxygen atoms in total. The highest BCUT2D eigenvalue weighted by molar-refractivity contribution is 9.11. The monoisotopic (exact) mass is 963 g/mol. The van der Waals surface area contributed by atoms with Crippen LogP contribution in [0.15, 0.2) is 38.8 Å². The molecular weight excluding hydrogens is 891 g/mol. The highest BCUT2D eigenvalue weighted by Gasteiger charge is 2.24. The van der Waals surface area contributed by atoms with E-state index in [9.17, 15) is 5.26 Å². The van der Waals surface area contributed by atoms with Crippen LogP contribution in [0.25, 0.3) is 40.3 Å². The molecule has 0 radical (unpaired) electrons. The number of nitriles is 1. The van der Waals surface area contributed by atoms with Crippen LogP contribution in [-0.2, 0) is 12.8 Å². The van der Waals surface area contributed by atoms with Crippen LogP contribution < -0.4 is 9.47 Å². The molecule has 0 bridgehead atoms. The molecule has 8 heteroatoms. The first-order valence-electron chi connectivity index (χ1n) is 24.0. The van der Waals surface area contributed by atoms with Crippen LogP contribution in [0.3, 0.4) is 0 Å². The van der Waals surface area contributed by atoms with Gasteiger partial charge in [-0.05, 0) is 111 Å². The van der Waals surface area contributed by atoms with Gasteiger partial charge in [0.25, 0.3) is 0 Å². The summed E-state index contributed by atoms with van der Waals surface area (Å²) in [4.78, 5) is 0.790. The Morgan fingerprint density at radius 2 is 0.951 bits per heavy atom. The Morgan fingerprint density at radius 1 is 0.541 bits per heavy atom. The second kappa shape index (κ2) is 26.0. The Kier molecular flexibility index (Phi) is 21.2. The van der Waals surface area contributed by atoms with E-state index in [4.69, 9.17) is 9.47 Å². The smallest absolute Gasteiger partial charge is 0.145 e. The number of halogens is 1. The van der Waals surface area contributed by atoms with E-state index in [2.05, 4.69) is 112 Å². The number of fused-ring (bicyclic) bond motifs is 4. The number of ether oxygens (including phenoxy) is 2. The molecule has 0 aliphatic heterocycles. The molecule has 0 fully saturated rings. The number of thiophene rings is 4. The van der Waals surface area contributed by atoms with E-state index in [1.807, 2.05) is 22.7 Å². The molecule has 0 spiro atoms. The van der Waals surface area contributed by atoms with Crippen molar-refractivity contribution in [2.24, 2.45) is 23.7 Å². The number of benzene rings is 2. The van der Waals surface area contributed by atoms with E-state index in [1.165, 1.54) is 147 Å². The molecule has 4 unspecified atom stereocenters. The van der Waals surface area contributed by atoms with Gasteiger partial charge in [0.1, 0.15) is 22.4 Å². The maximum atomic E-state index is 9.63. The summed E-state index contributed by atoms with van der Waals surface area (Å²) < 4.78 is 19.7. The minimum Gasteiger partial charge on any atom is -0.491 e. The summed E-state index contributed by atoms with van der Waals surface area (Å²) in [5.74, 6) is 4.84. The molecule has 4 atom stereocenters. The van der Waals surface area contributed by atoms with Crippen molar-refractivity contribution in [2.75, 3.05) is 13.2 Å². The molecule has 61 heavy (non-hydrogen) atoms. The van der Waals surface area contributed by atoms with Gasteiger partial charge in [-0.25, -0.2) is 0 Å². The molecule has 4 aromatic heterocycles. The van der Waals surface area contributed by atoms with Gasteiger partial charge in [0.05, 0.1) is 26.4 Å². The fourth-order valence-corrected chi connectivity index (χ4v) is 13.4. The van der Waals surface area contributed by atoms with Crippen LogP contribution in [0.4, 0.5) is 0 Å². The fourth-order valence-electron chi connectivity index (χ4n) is 8.88. The summed E-state index contributed by atoms with van der Waals surface area (Å²) in [5.41, 5.74) is 2.98. The van der Waals surface area contributed by atoms with Crippen molar-refractivity contribution in [1.82, 2.24) is 0 Å².